The summed E-state index contributed by atoms with van der Waals surface area (Å²) in [4.78, 5) is 8.58. The molecule has 0 fully saturated rings. The van der Waals surface area contributed by atoms with Gasteiger partial charge in [-0.25, -0.2) is 4.98 Å². The van der Waals surface area contributed by atoms with Gasteiger partial charge in [0.1, 0.15) is 0 Å². The first-order chi connectivity index (χ1) is 7.86. The van der Waals surface area contributed by atoms with Crippen LogP contribution in [0.2, 0.25) is 0 Å². The lowest BCUT2D eigenvalue weighted by molar-refractivity contribution is 0.670. The van der Waals surface area contributed by atoms with Crippen molar-refractivity contribution in [1.29, 1.82) is 0 Å². The molecule has 0 saturated heterocycles. The van der Waals surface area contributed by atoms with Crippen molar-refractivity contribution in [3.05, 3.63) is 46.2 Å². The van der Waals surface area contributed by atoms with Crippen LogP contribution in [0.5, 0.6) is 0 Å². The highest BCUT2D eigenvalue weighted by Gasteiger charge is 1.98. The summed E-state index contributed by atoms with van der Waals surface area (Å²) in [6, 6.07) is 4.05. The van der Waals surface area contributed by atoms with Crippen molar-refractivity contribution in [3.63, 3.8) is 0 Å². The third-order valence-corrected chi connectivity index (χ3v) is 3.25. The van der Waals surface area contributed by atoms with Gasteiger partial charge in [0.05, 0.1) is 10.7 Å². The Hall–Kier alpha value is -1.26. The van der Waals surface area contributed by atoms with Gasteiger partial charge >= 0.3 is 0 Å². The normalized spacial score (nSPS) is 10.6. The summed E-state index contributed by atoms with van der Waals surface area (Å²) in [6.07, 6.45) is 4.68. The zero-order chi connectivity index (χ0) is 11.2. The molecule has 2 aromatic rings. The van der Waals surface area contributed by atoms with Gasteiger partial charge in [0.2, 0.25) is 0 Å². The van der Waals surface area contributed by atoms with Crippen molar-refractivity contribution >= 4 is 11.3 Å². The van der Waals surface area contributed by atoms with E-state index in [4.69, 9.17) is 0 Å². The molecule has 2 rings (SSSR count). The van der Waals surface area contributed by atoms with Crippen LogP contribution in [0.25, 0.3) is 0 Å². The Morgan fingerprint density at radius 1 is 1.31 bits per heavy atom. The van der Waals surface area contributed by atoms with Crippen molar-refractivity contribution in [2.45, 2.75) is 19.9 Å². The van der Waals surface area contributed by atoms with E-state index < -0.39 is 0 Å². The van der Waals surface area contributed by atoms with E-state index in [0.717, 1.165) is 25.2 Å². The van der Waals surface area contributed by atoms with Gasteiger partial charge in [0, 0.05) is 37.3 Å². The zero-order valence-electron chi connectivity index (χ0n) is 9.31. The van der Waals surface area contributed by atoms with Crippen molar-refractivity contribution in [2.24, 2.45) is 0 Å². The average molecular weight is 233 g/mol. The summed E-state index contributed by atoms with van der Waals surface area (Å²) >= 11 is 1.71. The van der Waals surface area contributed by atoms with Crippen LogP contribution in [0.3, 0.4) is 0 Å². The highest BCUT2D eigenvalue weighted by atomic mass is 32.1. The van der Waals surface area contributed by atoms with Crippen molar-refractivity contribution < 1.29 is 0 Å². The van der Waals surface area contributed by atoms with Crippen LogP contribution in [-0.4, -0.2) is 16.5 Å². The average Bonchev–Trinajstić information content (AvgIpc) is 2.79. The smallest absolute Gasteiger partial charge is 0.0937 e. The molecular weight excluding hydrogens is 218 g/mol. The maximum Gasteiger partial charge on any atom is 0.0937 e. The molecule has 0 amide bonds. The minimum absolute atomic E-state index is 0.831. The van der Waals surface area contributed by atoms with Crippen molar-refractivity contribution in [1.82, 2.24) is 15.3 Å². The lowest BCUT2D eigenvalue weighted by Crippen LogP contribution is -2.18. The molecular formula is C12H15N3S. The first kappa shape index (κ1) is 11.2. The Labute approximate surface area is 99.6 Å². The lowest BCUT2D eigenvalue weighted by atomic mass is 10.2. The molecule has 0 aromatic carbocycles. The molecule has 1 N–H and O–H groups in total. The van der Waals surface area contributed by atoms with Gasteiger partial charge in [-0.15, -0.1) is 11.3 Å². The van der Waals surface area contributed by atoms with Crippen LogP contribution in [0.1, 0.15) is 16.3 Å². The first-order valence-corrected chi connectivity index (χ1v) is 6.24. The Balaban J connectivity index is 1.74. The molecule has 16 heavy (non-hydrogen) atoms. The second-order valence-corrected chi connectivity index (χ2v) is 4.60. The molecule has 0 aliphatic carbocycles. The fourth-order valence-corrected chi connectivity index (χ4v) is 2.10. The molecule has 0 aliphatic rings. The Kier molecular flexibility index (Phi) is 4.02. The van der Waals surface area contributed by atoms with Gasteiger partial charge in [0.25, 0.3) is 0 Å². The molecule has 0 unspecified atom stereocenters. The highest BCUT2D eigenvalue weighted by Crippen LogP contribution is 2.04. The van der Waals surface area contributed by atoms with Gasteiger partial charge < -0.3 is 5.32 Å². The largest absolute Gasteiger partial charge is 0.311 e. The molecule has 0 radical (unpaired) electrons. The number of hydrogen-bond acceptors (Lipinski definition) is 4. The van der Waals surface area contributed by atoms with Crippen LogP contribution in [0.4, 0.5) is 0 Å². The molecule has 84 valence electrons. The number of nitrogens with zero attached hydrogens (tertiary/aromatic N) is 2. The molecule has 0 saturated carbocycles. The van der Waals surface area contributed by atoms with Crippen molar-refractivity contribution in [3.8, 4) is 0 Å². The Bertz CT molecular complexity index is 426. The summed E-state index contributed by atoms with van der Waals surface area (Å²) in [5, 5.41) is 6.58. The number of aryl methyl sites for hydroxylation is 1. The quantitative estimate of drug-likeness (QED) is 0.804. The van der Waals surface area contributed by atoms with Crippen LogP contribution in [-0.2, 0) is 13.0 Å². The minimum atomic E-state index is 0.831. The predicted molar refractivity (Wildman–Crippen MR) is 66.5 cm³/mol. The number of rotatable bonds is 5. The summed E-state index contributed by atoms with van der Waals surface area (Å²) in [5.74, 6) is 0. The monoisotopic (exact) mass is 233 g/mol. The molecule has 0 aliphatic heterocycles. The maximum atomic E-state index is 4.34. The highest BCUT2D eigenvalue weighted by molar-refractivity contribution is 7.09. The fraction of sp³-hybridized carbons (Fsp3) is 0.333. The fourth-order valence-electron chi connectivity index (χ4n) is 1.48. The Morgan fingerprint density at radius 3 is 3.00 bits per heavy atom. The van der Waals surface area contributed by atoms with E-state index in [1.807, 2.05) is 23.8 Å². The number of pyridine rings is 1. The second kappa shape index (κ2) is 5.72. The zero-order valence-corrected chi connectivity index (χ0v) is 10.1. The predicted octanol–water partition coefficient (Wildman–Crippen LogP) is 2.18. The van der Waals surface area contributed by atoms with Gasteiger partial charge in [-0.2, -0.15) is 0 Å². The van der Waals surface area contributed by atoms with Gasteiger partial charge in [-0.05, 0) is 18.6 Å². The maximum absolute atomic E-state index is 4.34. The number of aromatic nitrogens is 2. The lowest BCUT2D eigenvalue weighted by Gasteiger charge is -2.05. The third kappa shape index (κ3) is 3.12. The molecule has 4 heteroatoms. The van der Waals surface area contributed by atoms with E-state index in [1.54, 1.807) is 11.3 Å². The first-order valence-electron chi connectivity index (χ1n) is 5.36. The molecule has 2 heterocycles. The number of nitrogens with one attached hydrogen (secondary N) is 1. The van der Waals surface area contributed by atoms with Gasteiger partial charge in [-0.3, -0.25) is 4.98 Å². The molecule has 3 nitrogen and oxygen atoms in total. The standard InChI is InChI=1S/C12H15N3S/c1-10-3-2-5-14-11(10)9-13-6-4-12-15-7-8-16-12/h2-3,5,7-8,13H,4,6,9H2,1H3. The summed E-state index contributed by atoms with van der Waals surface area (Å²) in [5.41, 5.74) is 2.37. The van der Waals surface area contributed by atoms with Crippen LogP contribution in [0.15, 0.2) is 29.9 Å². The second-order valence-electron chi connectivity index (χ2n) is 3.62. The van der Waals surface area contributed by atoms with Crippen LogP contribution in [0, 0.1) is 6.92 Å². The molecule has 2 aromatic heterocycles. The summed E-state index contributed by atoms with van der Waals surface area (Å²) < 4.78 is 0. The van der Waals surface area contributed by atoms with E-state index in [0.29, 0.717) is 0 Å². The van der Waals surface area contributed by atoms with E-state index in [-0.39, 0.29) is 0 Å². The molecule has 0 spiro atoms. The van der Waals surface area contributed by atoms with E-state index in [2.05, 4.69) is 28.3 Å². The Morgan fingerprint density at radius 2 is 2.25 bits per heavy atom. The van der Waals surface area contributed by atoms with Gasteiger partial charge in [-0.1, -0.05) is 6.07 Å². The SMILES string of the molecule is Cc1cccnc1CNCCc1nccs1. The van der Waals surface area contributed by atoms with Crippen LogP contribution >= 0.6 is 11.3 Å². The summed E-state index contributed by atoms with van der Waals surface area (Å²) in [7, 11) is 0. The van der Waals surface area contributed by atoms with Crippen molar-refractivity contribution in [2.75, 3.05) is 6.54 Å². The molecule has 0 atom stereocenters. The van der Waals surface area contributed by atoms with E-state index in [9.17, 15) is 0 Å². The van der Waals surface area contributed by atoms with E-state index in [1.165, 1.54) is 10.6 Å². The number of hydrogen-bond donors (Lipinski definition) is 1. The number of thiazole rings is 1. The summed E-state index contributed by atoms with van der Waals surface area (Å²) in [6.45, 7) is 3.87. The van der Waals surface area contributed by atoms with Gasteiger partial charge in [0.15, 0.2) is 0 Å². The van der Waals surface area contributed by atoms with E-state index >= 15 is 0 Å². The molecule has 0 bridgehead atoms. The minimum Gasteiger partial charge on any atom is -0.311 e. The van der Waals surface area contributed by atoms with Crippen LogP contribution < -0.4 is 5.32 Å². The third-order valence-electron chi connectivity index (χ3n) is 2.41. The topological polar surface area (TPSA) is 37.8 Å².